The maximum absolute atomic E-state index is 12.9. The molecule has 0 aliphatic heterocycles. The van der Waals surface area contributed by atoms with Crippen molar-refractivity contribution in [2.45, 2.75) is 31.0 Å². The highest BCUT2D eigenvalue weighted by Crippen LogP contribution is 2.42. The predicted octanol–water partition coefficient (Wildman–Crippen LogP) is 5.96. The summed E-state index contributed by atoms with van der Waals surface area (Å²) < 4.78 is 4.99. The number of amides is 1. The Bertz CT molecular complexity index is 1290. The monoisotopic (exact) mass is 477 g/mol. The van der Waals surface area contributed by atoms with E-state index < -0.39 is 5.25 Å². The Morgan fingerprint density at radius 2 is 1.82 bits per heavy atom. The summed E-state index contributed by atoms with van der Waals surface area (Å²) in [5.41, 5.74) is 3.28. The minimum Gasteiger partial charge on any atom is -0.462 e. The summed E-state index contributed by atoms with van der Waals surface area (Å²) in [5, 5.41) is 4.28. The summed E-state index contributed by atoms with van der Waals surface area (Å²) in [6.45, 7) is 6.01. The Morgan fingerprint density at radius 3 is 2.52 bits per heavy atom. The number of fused-ring (bicyclic) bond motifs is 1. The van der Waals surface area contributed by atoms with Gasteiger partial charge in [-0.3, -0.25) is 4.79 Å². The molecule has 0 aliphatic carbocycles. The number of benzene rings is 2. The molecule has 0 spiro atoms. The number of thiophene rings is 1. The van der Waals surface area contributed by atoms with Gasteiger partial charge in [0.25, 0.3) is 0 Å². The topological polar surface area (TPSA) is 81.2 Å². The van der Waals surface area contributed by atoms with Crippen molar-refractivity contribution in [2.75, 3.05) is 11.9 Å². The van der Waals surface area contributed by atoms with Crippen molar-refractivity contribution in [3.05, 3.63) is 71.4 Å². The van der Waals surface area contributed by atoms with Crippen LogP contribution in [0.4, 0.5) is 5.69 Å². The summed E-state index contributed by atoms with van der Waals surface area (Å²) in [6, 6.07) is 16.8. The first-order chi connectivity index (χ1) is 16.0. The maximum atomic E-state index is 12.9. The smallest absolute Gasteiger partial charge is 0.338 e. The van der Waals surface area contributed by atoms with E-state index in [1.165, 1.54) is 11.8 Å². The molecule has 1 amide bonds. The molecule has 0 saturated heterocycles. The van der Waals surface area contributed by atoms with Crippen LogP contribution in [-0.4, -0.2) is 33.7 Å². The number of anilines is 1. The van der Waals surface area contributed by atoms with E-state index in [1.54, 1.807) is 48.9 Å². The van der Waals surface area contributed by atoms with Crippen LogP contribution in [0, 0.1) is 6.92 Å². The SMILES string of the molecule is CCOC(=O)c1ccc(NC(=O)C(C)Sc2ncnc3sc(C)c(-c4ccccc4)c23)cc1. The zero-order chi connectivity index (χ0) is 23.4. The molecule has 1 N–H and O–H groups in total. The summed E-state index contributed by atoms with van der Waals surface area (Å²) in [6.07, 6.45) is 1.55. The van der Waals surface area contributed by atoms with Crippen LogP contribution < -0.4 is 5.32 Å². The van der Waals surface area contributed by atoms with Crippen LogP contribution in [0.3, 0.4) is 0 Å². The minimum atomic E-state index is -0.392. The predicted molar refractivity (Wildman–Crippen MR) is 134 cm³/mol. The van der Waals surface area contributed by atoms with Gasteiger partial charge < -0.3 is 10.1 Å². The zero-order valence-corrected chi connectivity index (χ0v) is 20.1. The molecule has 2 aromatic carbocycles. The van der Waals surface area contributed by atoms with E-state index in [4.69, 9.17) is 4.74 Å². The van der Waals surface area contributed by atoms with Crippen molar-refractivity contribution in [1.82, 2.24) is 9.97 Å². The Morgan fingerprint density at radius 1 is 1.09 bits per heavy atom. The van der Waals surface area contributed by atoms with E-state index in [0.29, 0.717) is 17.9 Å². The van der Waals surface area contributed by atoms with Crippen molar-refractivity contribution in [2.24, 2.45) is 0 Å². The number of rotatable bonds is 7. The van der Waals surface area contributed by atoms with Crippen molar-refractivity contribution >= 4 is 50.9 Å². The van der Waals surface area contributed by atoms with Crippen LogP contribution in [0.1, 0.15) is 29.1 Å². The van der Waals surface area contributed by atoms with Crippen LogP contribution in [0.5, 0.6) is 0 Å². The van der Waals surface area contributed by atoms with Crippen molar-refractivity contribution in [3.63, 3.8) is 0 Å². The maximum Gasteiger partial charge on any atom is 0.338 e. The van der Waals surface area contributed by atoms with Crippen molar-refractivity contribution < 1.29 is 14.3 Å². The lowest BCUT2D eigenvalue weighted by atomic mass is 10.0. The van der Waals surface area contributed by atoms with Gasteiger partial charge in [-0.1, -0.05) is 42.1 Å². The first kappa shape index (κ1) is 22.9. The average molecular weight is 478 g/mol. The van der Waals surface area contributed by atoms with E-state index in [1.807, 2.05) is 25.1 Å². The van der Waals surface area contributed by atoms with Gasteiger partial charge in [0.15, 0.2) is 0 Å². The number of ether oxygens (including phenoxy) is 1. The molecule has 0 radical (unpaired) electrons. The fourth-order valence-corrected chi connectivity index (χ4v) is 5.43. The summed E-state index contributed by atoms with van der Waals surface area (Å²) in [7, 11) is 0. The van der Waals surface area contributed by atoms with Crippen LogP contribution >= 0.6 is 23.1 Å². The summed E-state index contributed by atoms with van der Waals surface area (Å²) in [4.78, 5) is 35.7. The second kappa shape index (κ2) is 10.1. The van der Waals surface area contributed by atoms with Gasteiger partial charge in [0.05, 0.1) is 22.8 Å². The first-order valence-corrected chi connectivity index (χ1v) is 12.2. The molecule has 1 unspecified atom stereocenters. The Kier molecular flexibility index (Phi) is 7.05. The molecule has 4 aromatic rings. The summed E-state index contributed by atoms with van der Waals surface area (Å²) >= 11 is 3.04. The normalized spacial score (nSPS) is 11.8. The lowest BCUT2D eigenvalue weighted by molar-refractivity contribution is -0.115. The fourth-order valence-electron chi connectivity index (χ4n) is 3.43. The standard InChI is InChI=1S/C25H23N3O3S2/c1-4-31-25(30)18-10-12-19(13-11-18)28-22(29)16(3)33-24-21-20(17-8-6-5-7-9-17)15(2)32-23(21)26-14-27-24/h5-14,16H,4H2,1-3H3,(H,28,29). The van der Waals surface area contributed by atoms with E-state index in [0.717, 1.165) is 31.2 Å². The van der Waals surface area contributed by atoms with E-state index in [9.17, 15) is 9.59 Å². The lowest BCUT2D eigenvalue weighted by Gasteiger charge is -2.13. The van der Waals surface area contributed by atoms with Crippen molar-refractivity contribution in [1.29, 1.82) is 0 Å². The molecular weight excluding hydrogens is 454 g/mol. The molecule has 33 heavy (non-hydrogen) atoms. The number of aryl methyl sites for hydroxylation is 1. The van der Waals surface area contributed by atoms with Crippen LogP contribution in [0.15, 0.2) is 66.0 Å². The molecule has 0 aliphatic rings. The molecule has 4 rings (SSSR count). The Labute approximate surface area is 200 Å². The highest BCUT2D eigenvalue weighted by Gasteiger charge is 2.21. The number of nitrogens with one attached hydrogen (secondary N) is 1. The Hall–Kier alpha value is -3.23. The molecule has 6 nitrogen and oxygen atoms in total. The van der Waals surface area contributed by atoms with Gasteiger partial charge in [0.2, 0.25) is 5.91 Å². The largest absolute Gasteiger partial charge is 0.462 e. The highest BCUT2D eigenvalue weighted by molar-refractivity contribution is 8.00. The van der Waals surface area contributed by atoms with Gasteiger partial charge in [0, 0.05) is 16.1 Å². The molecular formula is C25H23N3O3S2. The number of aromatic nitrogens is 2. The van der Waals surface area contributed by atoms with Gasteiger partial charge in [-0.05, 0) is 50.6 Å². The number of esters is 1. The highest BCUT2D eigenvalue weighted by atomic mass is 32.2. The average Bonchev–Trinajstić information content (AvgIpc) is 3.17. The molecule has 0 saturated carbocycles. The quantitative estimate of drug-likeness (QED) is 0.201. The molecule has 0 bridgehead atoms. The van der Waals surface area contributed by atoms with Crippen molar-refractivity contribution in [3.8, 4) is 11.1 Å². The fraction of sp³-hybridized carbons (Fsp3) is 0.200. The number of hydrogen-bond acceptors (Lipinski definition) is 7. The van der Waals surface area contributed by atoms with Gasteiger partial charge in [-0.15, -0.1) is 11.3 Å². The first-order valence-electron chi connectivity index (χ1n) is 10.5. The van der Waals surface area contributed by atoms with Crippen LogP contribution in [0.2, 0.25) is 0 Å². The van der Waals surface area contributed by atoms with Gasteiger partial charge >= 0.3 is 5.97 Å². The molecule has 8 heteroatoms. The number of thioether (sulfide) groups is 1. The number of hydrogen-bond donors (Lipinski definition) is 1. The van der Waals surface area contributed by atoms with Gasteiger partial charge in [0.1, 0.15) is 16.2 Å². The molecule has 2 heterocycles. The number of carbonyl (C=O) groups excluding carboxylic acids is 2. The van der Waals surface area contributed by atoms with Crippen LogP contribution in [-0.2, 0) is 9.53 Å². The third kappa shape index (κ3) is 5.07. The lowest BCUT2D eigenvalue weighted by Crippen LogP contribution is -2.22. The molecule has 1 atom stereocenters. The zero-order valence-electron chi connectivity index (χ0n) is 18.5. The number of carbonyl (C=O) groups is 2. The van der Waals surface area contributed by atoms with E-state index in [-0.39, 0.29) is 11.9 Å². The van der Waals surface area contributed by atoms with Gasteiger partial charge in [-0.25, -0.2) is 14.8 Å². The van der Waals surface area contributed by atoms with Gasteiger partial charge in [-0.2, -0.15) is 0 Å². The second-order valence-corrected chi connectivity index (χ2v) is 9.84. The third-order valence-corrected chi connectivity index (χ3v) is 7.13. The molecule has 2 aromatic heterocycles. The second-order valence-electron chi connectivity index (χ2n) is 7.31. The third-order valence-electron chi connectivity index (χ3n) is 5.01. The van der Waals surface area contributed by atoms with E-state index in [2.05, 4.69) is 34.3 Å². The summed E-state index contributed by atoms with van der Waals surface area (Å²) in [5.74, 6) is -0.531. The molecule has 0 fully saturated rings. The molecule has 168 valence electrons. The van der Waals surface area contributed by atoms with Crippen LogP contribution in [0.25, 0.3) is 21.3 Å². The number of nitrogens with zero attached hydrogens (tertiary/aromatic N) is 2. The van der Waals surface area contributed by atoms with E-state index >= 15 is 0 Å². The minimum absolute atomic E-state index is 0.149. The Balaban J connectivity index is 1.54.